The van der Waals surface area contributed by atoms with E-state index in [1.54, 1.807) is 18.2 Å². The Morgan fingerprint density at radius 2 is 2.24 bits per heavy atom. The maximum absolute atomic E-state index is 11.9. The summed E-state index contributed by atoms with van der Waals surface area (Å²) in [5.74, 6) is 0. The van der Waals surface area contributed by atoms with Gasteiger partial charge in [0, 0.05) is 0 Å². The Hall–Kier alpha value is -1.66. The van der Waals surface area contributed by atoms with Crippen LogP contribution in [-0.2, 0) is 16.6 Å². The number of aromatic nitrogens is 1. The van der Waals surface area contributed by atoms with E-state index in [1.165, 1.54) is 12.7 Å². The first-order chi connectivity index (χ1) is 8.08. The highest BCUT2D eigenvalue weighted by Gasteiger charge is 2.13. The average molecular weight is 252 g/mol. The highest BCUT2D eigenvalue weighted by atomic mass is 32.2. The third kappa shape index (κ3) is 2.92. The van der Waals surface area contributed by atoms with Gasteiger partial charge in [0.1, 0.15) is 6.26 Å². The number of sulfonamides is 1. The summed E-state index contributed by atoms with van der Waals surface area (Å²) in [6, 6.07) is 6.72. The zero-order chi connectivity index (χ0) is 12.3. The monoisotopic (exact) mass is 252 g/mol. The second-order valence-corrected chi connectivity index (χ2v) is 5.39. The van der Waals surface area contributed by atoms with Gasteiger partial charge >= 0.3 is 0 Å². The van der Waals surface area contributed by atoms with Crippen LogP contribution in [0, 0.1) is 6.92 Å². The van der Waals surface area contributed by atoms with Gasteiger partial charge in [0.2, 0.25) is 10.0 Å². The molecule has 6 heteroatoms. The topological polar surface area (TPSA) is 72.2 Å². The molecule has 5 nitrogen and oxygen atoms in total. The Labute approximate surface area is 99.5 Å². The molecule has 1 aromatic heterocycles. The van der Waals surface area contributed by atoms with Crippen LogP contribution in [0.4, 0.5) is 0 Å². The molecule has 1 heterocycles. The molecule has 0 bridgehead atoms. The molecule has 0 saturated heterocycles. The van der Waals surface area contributed by atoms with Crippen LogP contribution in [-0.4, -0.2) is 13.4 Å². The molecule has 0 unspecified atom stereocenters. The van der Waals surface area contributed by atoms with Gasteiger partial charge in [-0.3, -0.25) is 0 Å². The van der Waals surface area contributed by atoms with Crippen LogP contribution in [0.25, 0.3) is 0 Å². The zero-order valence-electron chi connectivity index (χ0n) is 9.25. The van der Waals surface area contributed by atoms with Crippen LogP contribution in [0.15, 0.2) is 46.2 Å². The van der Waals surface area contributed by atoms with Crippen molar-refractivity contribution in [3.05, 3.63) is 48.2 Å². The largest absolute Gasteiger partial charge is 0.451 e. The summed E-state index contributed by atoms with van der Waals surface area (Å²) < 4.78 is 31.0. The van der Waals surface area contributed by atoms with E-state index in [9.17, 15) is 8.42 Å². The zero-order valence-corrected chi connectivity index (χ0v) is 10.1. The fourth-order valence-electron chi connectivity index (χ4n) is 1.36. The maximum atomic E-state index is 11.9. The fraction of sp³-hybridized carbons (Fsp3) is 0.182. The summed E-state index contributed by atoms with van der Waals surface area (Å²) in [6.45, 7) is 1.96. The Balaban J connectivity index is 2.14. The third-order valence-corrected chi connectivity index (χ3v) is 3.63. The molecule has 0 aliphatic rings. The fourth-order valence-corrected chi connectivity index (χ4v) is 2.46. The van der Waals surface area contributed by atoms with Gasteiger partial charge in [-0.05, 0) is 24.6 Å². The number of nitrogens with one attached hydrogen (secondary N) is 1. The van der Waals surface area contributed by atoms with Crippen LogP contribution in [0.3, 0.4) is 0 Å². The molecule has 0 aliphatic carbocycles. The Morgan fingerprint density at radius 1 is 1.41 bits per heavy atom. The minimum Gasteiger partial charge on any atom is -0.451 e. The lowest BCUT2D eigenvalue weighted by molar-refractivity contribution is 0.555. The molecular weight excluding hydrogens is 240 g/mol. The molecule has 2 rings (SSSR count). The van der Waals surface area contributed by atoms with E-state index in [2.05, 4.69) is 9.71 Å². The summed E-state index contributed by atoms with van der Waals surface area (Å²) in [5, 5.41) is 0. The molecule has 0 saturated carbocycles. The maximum Gasteiger partial charge on any atom is 0.240 e. The molecular formula is C11H12N2O3S. The summed E-state index contributed by atoms with van der Waals surface area (Å²) >= 11 is 0. The van der Waals surface area contributed by atoms with Crippen LogP contribution >= 0.6 is 0 Å². The Kier molecular flexibility index (Phi) is 3.26. The van der Waals surface area contributed by atoms with Crippen molar-refractivity contribution in [3.63, 3.8) is 0 Å². The van der Waals surface area contributed by atoms with E-state index in [0.717, 1.165) is 5.56 Å². The van der Waals surface area contributed by atoms with Gasteiger partial charge in [-0.1, -0.05) is 12.1 Å². The van der Waals surface area contributed by atoms with E-state index >= 15 is 0 Å². The Bertz CT molecular complexity index is 591. The average Bonchev–Trinajstić information content (AvgIpc) is 2.79. The summed E-state index contributed by atoms with van der Waals surface area (Å²) in [6.07, 6.45) is 2.66. The summed E-state index contributed by atoms with van der Waals surface area (Å²) in [4.78, 5) is 4.09. The van der Waals surface area contributed by atoms with Crippen molar-refractivity contribution in [2.45, 2.75) is 18.4 Å². The smallest absolute Gasteiger partial charge is 0.240 e. The highest BCUT2D eigenvalue weighted by Crippen LogP contribution is 2.11. The molecule has 0 atom stereocenters. The van der Waals surface area contributed by atoms with Crippen molar-refractivity contribution in [2.75, 3.05) is 0 Å². The van der Waals surface area contributed by atoms with Crippen molar-refractivity contribution in [2.24, 2.45) is 0 Å². The number of rotatable bonds is 4. The first kappa shape index (κ1) is 11.8. The number of oxazole rings is 1. The predicted molar refractivity (Wildman–Crippen MR) is 61.7 cm³/mol. The second kappa shape index (κ2) is 4.68. The van der Waals surface area contributed by atoms with E-state index in [1.807, 2.05) is 13.0 Å². The SMILES string of the molecule is Cc1cccc(S(=O)(=O)NCc2cocn2)c1. The van der Waals surface area contributed by atoms with E-state index in [4.69, 9.17) is 4.42 Å². The van der Waals surface area contributed by atoms with Crippen molar-refractivity contribution >= 4 is 10.0 Å². The van der Waals surface area contributed by atoms with E-state index in [-0.39, 0.29) is 11.4 Å². The number of benzene rings is 1. The molecule has 0 amide bonds. The quantitative estimate of drug-likeness (QED) is 0.894. The second-order valence-electron chi connectivity index (χ2n) is 3.62. The lowest BCUT2D eigenvalue weighted by Gasteiger charge is -2.05. The molecule has 0 spiro atoms. The van der Waals surface area contributed by atoms with Gasteiger partial charge in [0.15, 0.2) is 6.39 Å². The van der Waals surface area contributed by atoms with Crippen LogP contribution < -0.4 is 4.72 Å². The predicted octanol–water partition coefficient (Wildman–Crippen LogP) is 1.46. The van der Waals surface area contributed by atoms with Crippen molar-refractivity contribution < 1.29 is 12.8 Å². The summed E-state index contributed by atoms with van der Waals surface area (Å²) in [5.41, 5.74) is 1.44. The number of aryl methyl sites for hydroxylation is 1. The lowest BCUT2D eigenvalue weighted by Crippen LogP contribution is -2.23. The number of hydrogen-bond donors (Lipinski definition) is 1. The normalized spacial score (nSPS) is 11.6. The molecule has 0 radical (unpaired) electrons. The molecule has 17 heavy (non-hydrogen) atoms. The first-order valence-corrected chi connectivity index (χ1v) is 6.50. The van der Waals surface area contributed by atoms with Crippen LogP contribution in [0.2, 0.25) is 0 Å². The molecule has 1 aromatic carbocycles. The minimum atomic E-state index is -3.49. The van der Waals surface area contributed by atoms with E-state index in [0.29, 0.717) is 5.69 Å². The van der Waals surface area contributed by atoms with Crippen molar-refractivity contribution in [1.82, 2.24) is 9.71 Å². The van der Waals surface area contributed by atoms with Gasteiger partial charge in [-0.25, -0.2) is 18.1 Å². The molecule has 2 aromatic rings. The van der Waals surface area contributed by atoms with Gasteiger partial charge in [-0.15, -0.1) is 0 Å². The van der Waals surface area contributed by atoms with Gasteiger partial charge in [0.05, 0.1) is 17.1 Å². The Morgan fingerprint density at radius 3 is 2.88 bits per heavy atom. The standard InChI is InChI=1S/C11H12N2O3S/c1-9-3-2-4-11(5-9)17(14,15)13-6-10-7-16-8-12-10/h2-5,7-8,13H,6H2,1H3. The molecule has 0 fully saturated rings. The van der Waals surface area contributed by atoms with E-state index < -0.39 is 10.0 Å². The van der Waals surface area contributed by atoms with Crippen LogP contribution in [0.1, 0.15) is 11.3 Å². The van der Waals surface area contributed by atoms with Gasteiger partial charge in [-0.2, -0.15) is 0 Å². The number of nitrogens with zero attached hydrogens (tertiary/aromatic N) is 1. The van der Waals surface area contributed by atoms with Gasteiger partial charge in [0.25, 0.3) is 0 Å². The summed E-state index contributed by atoms with van der Waals surface area (Å²) in [7, 11) is -3.49. The minimum absolute atomic E-state index is 0.118. The lowest BCUT2D eigenvalue weighted by atomic mass is 10.2. The highest BCUT2D eigenvalue weighted by molar-refractivity contribution is 7.89. The third-order valence-electron chi connectivity index (χ3n) is 2.23. The van der Waals surface area contributed by atoms with Gasteiger partial charge < -0.3 is 4.42 Å². The molecule has 90 valence electrons. The number of hydrogen-bond acceptors (Lipinski definition) is 4. The first-order valence-electron chi connectivity index (χ1n) is 5.01. The van der Waals surface area contributed by atoms with Crippen LogP contribution in [0.5, 0.6) is 0 Å². The molecule has 1 N–H and O–H groups in total. The molecule has 0 aliphatic heterocycles. The van der Waals surface area contributed by atoms with Crippen molar-refractivity contribution in [3.8, 4) is 0 Å². The van der Waals surface area contributed by atoms with Crippen molar-refractivity contribution in [1.29, 1.82) is 0 Å².